The Bertz CT molecular complexity index is 1220. The molecule has 4 rings (SSSR count). The zero-order chi connectivity index (χ0) is 24.4. The molecule has 0 unspecified atom stereocenters. The van der Waals surface area contributed by atoms with Crippen molar-refractivity contribution in [2.24, 2.45) is 0 Å². The van der Waals surface area contributed by atoms with Gasteiger partial charge in [0.15, 0.2) is 17.5 Å². The van der Waals surface area contributed by atoms with Gasteiger partial charge in [-0.15, -0.1) is 0 Å². The molecule has 10 heteroatoms. The molecule has 178 valence electrons. The number of rotatable bonds is 7. The fourth-order valence-corrected chi connectivity index (χ4v) is 3.95. The van der Waals surface area contributed by atoms with Crippen LogP contribution >= 0.6 is 0 Å². The molecule has 2 heterocycles. The summed E-state index contributed by atoms with van der Waals surface area (Å²) >= 11 is 0. The highest BCUT2D eigenvalue weighted by molar-refractivity contribution is 6.08. The van der Waals surface area contributed by atoms with Crippen molar-refractivity contribution in [3.05, 3.63) is 88.1 Å². The van der Waals surface area contributed by atoms with E-state index in [2.05, 4.69) is 10.3 Å². The quantitative estimate of drug-likeness (QED) is 0.361. The molecule has 0 spiro atoms. The lowest BCUT2D eigenvalue weighted by atomic mass is 10.0. The lowest BCUT2D eigenvalue weighted by Crippen LogP contribution is -2.40. The average Bonchev–Trinajstić information content (AvgIpc) is 3.29. The molecule has 0 radical (unpaired) electrons. The third-order valence-electron chi connectivity index (χ3n) is 5.55. The number of nitrogens with zero attached hydrogens (tertiary/aromatic N) is 2. The largest absolute Gasteiger partial charge is 0.394 e. The minimum atomic E-state index is -1.57. The summed E-state index contributed by atoms with van der Waals surface area (Å²) in [6, 6.07) is 7.44. The number of halogens is 4. The smallest absolute Gasteiger partial charge is 0.262 e. The van der Waals surface area contributed by atoms with Crippen LogP contribution < -0.4 is 10.2 Å². The number of nitrogens with one attached hydrogen (secondary N) is 1. The summed E-state index contributed by atoms with van der Waals surface area (Å²) in [6.07, 6.45) is 0.444. The summed E-state index contributed by atoms with van der Waals surface area (Å²) in [5, 5.41) is 22.4. The van der Waals surface area contributed by atoms with Crippen LogP contribution in [0.5, 0.6) is 0 Å². The first-order chi connectivity index (χ1) is 16.3. The van der Waals surface area contributed by atoms with Crippen LogP contribution in [0.15, 0.2) is 42.6 Å². The Labute approximate surface area is 192 Å². The van der Waals surface area contributed by atoms with Crippen molar-refractivity contribution in [3.8, 4) is 0 Å². The van der Waals surface area contributed by atoms with Gasteiger partial charge >= 0.3 is 0 Å². The molecule has 1 aliphatic rings. The number of aliphatic hydroxyl groups excluding tert-OH is 2. The number of aliphatic hydroxyl groups is 2. The van der Waals surface area contributed by atoms with E-state index in [0.717, 1.165) is 17.0 Å². The Morgan fingerprint density at radius 2 is 1.79 bits per heavy atom. The standard InChI is InChI=1S/C24H21F4N3O3/c25-17-1-2-20-16(4-6-29-20)22(17)24(34)31(11-15(33)12-32)21-10-13(3-5-30-21)7-14-8-18(26)23(28)19(27)9-14/h1-3,5,8-10,15,29,32-33H,4,6-7,11-12H2/t15-/m1/s1. The zero-order valence-electron chi connectivity index (χ0n) is 17.9. The van der Waals surface area contributed by atoms with Gasteiger partial charge in [-0.25, -0.2) is 22.5 Å². The van der Waals surface area contributed by atoms with Crippen molar-refractivity contribution in [3.63, 3.8) is 0 Å². The highest BCUT2D eigenvalue weighted by Crippen LogP contribution is 2.30. The molecule has 2 aromatic carbocycles. The molecule has 34 heavy (non-hydrogen) atoms. The van der Waals surface area contributed by atoms with Crippen molar-refractivity contribution in [2.75, 3.05) is 29.9 Å². The number of carbonyl (C=O) groups is 1. The first kappa shape index (κ1) is 23.7. The van der Waals surface area contributed by atoms with Gasteiger partial charge < -0.3 is 15.5 Å². The maximum Gasteiger partial charge on any atom is 0.262 e. The molecular formula is C24H21F4N3O3. The zero-order valence-corrected chi connectivity index (χ0v) is 17.9. The van der Waals surface area contributed by atoms with Crippen molar-refractivity contribution in [1.29, 1.82) is 0 Å². The second-order valence-electron chi connectivity index (χ2n) is 7.95. The minimum absolute atomic E-state index is 0.00671. The molecule has 0 bridgehead atoms. The number of pyridine rings is 1. The summed E-state index contributed by atoms with van der Waals surface area (Å²) in [5.74, 6) is -5.66. The van der Waals surface area contributed by atoms with Crippen LogP contribution in [-0.4, -0.2) is 46.9 Å². The van der Waals surface area contributed by atoms with E-state index < -0.39 is 41.9 Å². The third kappa shape index (κ3) is 4.73. The summed E-state index contributed by atoms with van der Waals surface area (Å²) < 4.78 is 55.2. The monoisotopic (exact) mass is 475 g/mol. The van der Waals surface area contributed by atoms with Crippen LogP contribution in [0.4, 0.5) is 29.1 Å². The van der Waals surface area contributed by atoms with Gasteiger partial charge in [-0.2, -0.15) is 0 Å². The van der Waals surface area contributed by atoms with Crippen LogP contribution in [0.25, 0.3) is 0 Å². The number of hydrogen-bond acceptors (Lipinski definition) is 5. The van der Waals surface area contributed by atoms with Crippen LogP contribution in [0.1, 0.15) is 27.0 Å². The molecule has 0 aliphatic carbocycles. The molecule has 1 amide bonds. The summed E-state index contributed by atoms with van der Waals surface area (Å²) in [5.41, 5.74) is 1.60. The first-order valence-electron chi connectivity index (χ1n) is 10.5. The number of carbonyl (C=O) groups excluding carboxylic acids is 1. The van der Waals surface area contributed by atoms with E-state index in [4.69, 9.17) is 0 Å². The van der Waals surface area contributed by atoms with E-state index in [1.165, 1.54) is 18.3 Å². The van der Waals surface area contributed by atoms with E-state index in [-0.39, 0.29) is 29.9 Å². The second-order valence-corrected chi connectivity index (χ2v) is 7.95. The molecule has 0 saturated heterocycles. The molecule has 1 aliphatic heterocycles. The number of hydrogen-bond donors (Lipinski definition) is 3. The third-order valence-corrected chi connectivity index (χ3v) is 5.55. The molecule has 6 nitrogen and oxygen atoms in total. The number of anilines is 2. The van der Waals surface area contributed by atoms with E-state index in [1.807, 2.05) is 0 Å². The molecule has 1 aromatic heterocycles. The van der Waals surface area contributed by atoms with Crippen molar-refractivity contribution < 1.29 is 32.6 Å². The van der Waals surface area contributed by atoms with Gasteiger partial charge in [0.1, 0.15) is 11.6 Å². The van der Waals surface area contributed by atoms with Crippen LogP contribution in [0.3, 0.4) is 0 Å². The van der Waals surface area contributed by atoms with Gasteiger partial charge in [-0.3, -0.25) is 9.69 Å². The fraction of sp³-hybridized carbons (Fsp3) is 0.250. The average molecular weight is 475 g/mol. The number of fused-ring (bicyclic) bond motifs is 1. The predicted octanol–water partition coefficient (Wildman–Crippen LogP) is 3.20. The highest BCUT2D eigenvalue weighted by atomic mass is 19.2. The van der Waals surface area contributed by atoms with Gasteiger partial charge in [-0.05, 0) is 65.9 Å². The normalized spacial score (nSPS) is 13.4. The number of amides is 1. The highest BCUT2D eigenvalue weighted by Gasteiger charge is 2.29. The van der Waals surface area contributed by atoms with Gasteiger partial charge in [0.2, 0.25) is 0 Å². The van der Waals surface area contributed by atoms with Crippen molar-refractivity contribution in [2.45, 2.75) is 18.9 Å². The van der Waals surface area contributed by atoms with Gasteiger partial charge in [0, 0.05) is 18.4 Å². The Hall–Kier alpha value is -3.50. The maximum absolute atomic E-state index is 14.8. The first-order valence-corrected chi connectivity index (χ1v) is 10.5. The topological polar surface area (TPSA) is 85.7 Å². The van der Waals surface area contributed by atoms with E-state index in [9.17, 15) is 32.6 Å². The summed E-state index contributed by atoms with van der Waals surface area (Å²) in [4.78, 5) is 18.7. The summed E-state index contributed by atoms with van der Waals surface area (Å²) in [6.45, 7) is -0.479. The molecule has 3 aromatic rings. The number of aromatic nitrogens is 1. The predicted molar refractivity (Wildman–Crippen MR) is 117 cm³/mol. The van der Waals surface area contributed by atoms with Crippen molar-refractivity contribution >= 4 is 17.4 Å². The minimum Gasteiger partial charge on any atom is -0.394 e. The van der Waals surface area contributed by atoms with E-state index >= 15 is 0 Å². The van der Waals surface area contributed by atoms with Crippen LogP contribution in [0, 0.1) is 23.3 Å². The lowest BCUT2D eigenvalue weighted by Gasteiger charge is -2.25. The van der Waals surface area contributed by atoms with E-state index in [0.29, 0.717) is 29.8 Å². The molecule has 1 atom stereocenters. The van der Waals surface area contributed by atoms with Crippen LogP contribution in [-0.2, 0) is 12.8 Å². The Morgan fingerprint density at radius 3 is 2.50 bits per heavy atom. The maximum atomic E-state index is 14.8. The SMILES string of the molecule is O=C(c1c(F)ccc2c1CCN2)N(C[C@@H](O)CO)c1cc(Cc2cc(F)c(F)c(F)c2)ccn1. The lowest BCUT2D eigenvalue weighted by molar-refractivity contribution is 0.0863. The molecule has 0 fully saturated rings. The van der Waals surface area contributed by atoms with E-state index in [1.54, 1.807) is 12.1 Å². The Balaban J connectivity index is 1.70. The van der Waals surface area contributed by atoms with Crippen LogP contribution in [0.2, 0.25) is 0 Å². The summed E-state index contributed by atoms with van der Waals surface area (Å²) in [7, 11) is 0. The van der Waals surface area contributed by atoms with Crippen molar-refractivity contribution in [1.82, 2.24) is 4.98 Å². The second kappa shape index (κ2) is 9.78. The molecule has 0 saturated carbocycles. The Morgan fingerprint density at radius 1 is 1.06 bits per heavy atom. The molecule has 3 N–H and O–H groups in total. The molecular weight excluding hydrogens is 454 g/mol. The van der Waals surface area contributed by atoms with Gasteiger partial charge in [0.05, 0.1) is 24.8 Å². The van der Waals surface area contributed by atoms with Gasteiger partial charge in [-0.1, -0.05) is 0 Å². The van der Waals surface area contributed by atoms with Gasteiger partial charge in [0.25, 0.3) is 5.91 Å². The fourth-order valence-electron chi connectivity index (χ4n) is 3.95. The Kier molecular flexibility index (Phi) is 6.80. The number of benzene rings is 2.